The average Bonchev–Trinajstić information content (AvgIpc) is 2.00. The Labute approximate surface area is 73.9 Å². The molecule has 2 nitrogen and oxygen atoms in total. The SMILES string of the molecule is CCC(CC)(N=C=N)[As](C)C. The van der Waals surface area contributed by atoms with E-state index in [9.17, 15) is 0 Å². The van der Waals surface area contributed by atoms with Crippen LogP contribution in [0.1, 0.15) is 26.7 Å². The molecule has 11 heavy (non-hydrogen) atoms. The molecule has 0 aromatic heterocycles. The molecule has 0 aromatic rings. The first kappa shape index (κ1) is 10.9. The van der Waals surface area contributed by atoms with Crippen molar-refractivity contribution >= 4 is 20.7 Å². The summed E-state index contributed by atoms with van der Waals surface area (Å²) in [5.74, 6) is 0. The van der Waals surface area contributed by atoms with Gasteiger partial charge in [-0.15, -0.1) is 0 Å². The third-order valence-electron chi connectivity index (χ3n) is 2.23. The first-order chi connectivity index (χ1) is 5.13. The molecular formula is C8H17AsN2. The minimum absolute atomic E-state index is 0.106. The molecule has 0 rings (SSSR count). The number of hydrogen-bond donors (Lipinski definition) is 1. The van der Waals surface area contributed by atoms with Gasteiger partial charge < -0.3 is 0 Å². The summed E-state index contributed by atoms with van der Waals surface area (Å²) in [4.78, 5) is 4.17. The first-order valence-corrected chi connectivity index (χ1v) is 8.63. The van der Waals surface area contributed by atoms with Crippen LogP contribution in [0.15, 0.2) is 4.99 Å². The van der Waals surface area contributed by atoms with E-state index in [1.807, 2.05) is 0 Å². The zero-order valence-corrected chi connectivity index (χ0v) is 9.69. The molecule has 0 amide bonds. The van der Waals surface area contributed by atoms with E-state index in [-0.39, 0.29) is 4.33 Å². The molecule has 0 saturated heterocycles. The molecule has 0 aliphatic carbocycles. The maximum atomic E-state index is 6.86. The van der Waals surface area contributed by atoms with E-state index in [4.69, 9.17) is 5.41 Å². The normalized spacial score (nSPS) is 11.4. The summed E-state index contributed by atoms with van der Waals surface area (Å²) < 4.78 is 0.106. The monoisotopic (exact) mass is 216 g/mol. The first-order valence-electron chi connectivity index (χ1n) is 3.94. The molecule has 0 unspecified atom stereocenters. The third-order valence-corrected chi connectivity index (χ3v) is 7.26. The Kier molecular flexibility index (Phi) is 4.72. The number of rotatable bonds is 4. The van der Waals surface area contributed by atoms with Gasteiger partial charge >= 0.3 is 73.5 Å². The summed E-state index contributed by atoms with van der Waals surface area (Å²) in [5, 5.41) is 6.86. The zero-order valence-electron chi connectivity index (χ0n) is 7.81. The predicted molar refractivity (Wildman–Crippen MR) is 50.9 cm³/mol. The second kappa shape index (κ2) is 4.74. The van der Waals surface area contributed by atoms with Gasteiger partial charge in [-0.3, -0.25) is 0 Å². The van der Waals surface area contributed by atoms with Crippen LogP contribution in [0.5, 0.6) is 0 Å². The number of nitrogens with one attached hydrogen (secondary N) is 1. The molecule has 0 aliphatic heterocycles. The van der Waals surface area contributed by atoms with Crippen molar-refractivity contribution in [2.24, 2.45) is 4.99 Å². The van der Waals surface area contributed by atoms with Gasteiger partial charge in [0, 0.05) is 0 Å². The van der Waals surface area contributed by atoms with Crippen LogP contribution in [0.2, 0.25) is 11.4 Å². The van der Waals surface area contributed by atoms with Crippen molar-refractivity contribution in [1.29, 1.82) is 5.41 Å². The second-order valence-electron chi connectivity index (χ2n) is 2.81. The van der Waals surface area contributed by atoms with Crippen LogP contribution in [0.4, 0.5) is 0 Å². The summed E-state index contributed by atoms with van der Waals surface area (Å²) in [7, 11) is 0. The standard InChI is InChI=1S/C8H17AsN2/c1-5-8(6-2,9(3)4)11-7-10/h10H,5-6H2,1-4H3. The molecule has 0 radical (unpaired) electrons. The van der Waals surface area contributed by atoms with Crippen molar-refractivity contribution in [3.63, 3.8) is 0 Å². The molecule has 64 valence electrons. The molecule has 1 N–H and O–H groups in total. The Morgan fingerprint density at radius 2 is 1.82 bits per heavy atom. The van der Waals surface area contributed by atoms with Crippen molar-refractivity contribution in [2.45, 2.75) is 42.4 Å². The summed E-state index contributed by atoms with van der Waals surface area (Å²) >= 11 is -0.852. The molecule has 3 heteroatoms. The molecule has 0 heterocycles. The van der Waals surface area contributed by atoms with Gasteiger partial charge in [0.15, 0.2) is 0 Å². The maximum absolute atomic E-state index is 6.86. The Morgan fingerprint density at radius 3 is 1.91 bits per heavy atom. The van der Waals surface area contributed by atoms with Gasteiger partial charge in [-0.05, 0) is 0 Å². The van der Waals surface area contributed by atoms with Crippen LogP contribution in [0.25, 0.3) is 0 Å². The quantitative estimate of drug-likeness (QED) is 0.554. The summed E-state index contributed by atoms with van der Waals surface area (Å²) in [6, 6.07) is 2.20. The van der Waals surface area contributed by atoms with E-state index in [0.717, 1.165) is 12.8 Å². The van der Waals surface area contributed by atoms with E-state index in [2.05, 4.69) is 36.3 Å². The average molecular weight is 216 g/mol. The molecule has 0 bridgehead atoms. The Morgan fingerprint density at radius 1 is 1.36 bits per heavy atom. The van der Waals surface area contributed by atoms with Gasteiger partial charge in [0.2, 0.25) is 0 Å². The van der Waals surface area contributed by atoms with E-state index >= 15 is 0 Å². The Balaban J connectivity index is 4.59. The number of hydrogen-bond acceptors (Lipinski definition) is 2. The van der Waals surface area contributed by atoms with E-state index < -0.39 is 14.7 Å². The van der Waals surface area contributed by atoms with Gasteiger partial charge in [-0.25, -0.2) is 0 Å². The number of aliphatic imine (C=N–C) groups is 1. The Bertz CT molecular complexity index is 155. The Hall–Kier alpha value is -0.0616. The fourth-order valence-electron chi connectivity index (χ4n) is 1.24. The van der Waals surface area contributed by atoms with Gasteiger partial charge in [0.25, 0.3) is 0 Å². The summed E-state index contributed by atoms with van der Waals surface area (Å²) in [5.41, 5.74) is 4.58. The molecule has 0 spiro atoms. The van der Waals surface area contributed by atoms with Gasteiger partial charge in [0.05, 0.1) is 0 Å². The minimum atomic E-state index is -0.852. The molecule has 0 atom stereocenters. The van der Waals surface area contributed by atoms with Crippen molar-refractivity contribution in [3.8, 4) is 0 Å². The summed E-state index contributed by atoms with van der Waals surface area (Å²) in [6.45, 7) is 4.30. The zero-order chi connectivity index (χ0) is 8.91. The van der Waals surface area contributed by atoms with E-state index in [1.165, 1.54) is 0 Å². The number of nitrogens with zero attached hydrogens (tertiary/aromatic N) is 1. The van der Waals surface area contributed by atoms with Crippen molar-refractivity contribution in [3.05, 3.63) is 0 Å². The molecule has 0 saturated carbocycles. The molecular weight excluding hydrogens is 199 g/mol. The fourth-order valence-corrected chi connectivity index (χ4v) is 4.42. The second-order valence-corrected chi connectivity index (χ2v) is 8.31. The van der Waals surface area contributed by atoms with Crippen molar-refractivity contribution in [1.82, 2.24) is 0 Å². The van der Waals surface area contributed by atoms with Crippen LogP contribution in [-0.2, 0) is 0 Å². The molecule has 0 aromatic carbocycles. The van der Waals surface area contributed by atoms with Gasteiger partial charge in [0.1, 0.15) is 0 Å². The van der Waals surface area contributed by atoms with Gasteiger partial charge in [-0.1, -0.05) is 0 Å². The van der Waals surface area contributed by atoms with E-state index in [0.29, 0.717) is 0 Å². The topological polar surface area (TPSA) is 36.2 Å². The fraction of sp³-hybridized carbons (Fsp3) is 0.875. The van der Waals surface area contributed by atoms with Crippen LogP contribution in [-0.4, -0.2) is 25.0 Å². The van der Waals surface area contributed by atoms with Gasteiger partial charge in [-0.2, -0.15) is 0 Å². The summed E-state index contributed by atoms with van der Waals surface area (Å²) in [6.07, 6.45) is 2.12. The van der Waals surface area contributed by atoms with Crippen LogP contribution in [0.3, 0.4) is 0 Å². The van der Waals surface area contributed by atoms with Crippen LogP contribution >= 0.6 is 0 Å². The van der Waals surface area contributed by atoms with Crippen molar-refractivity contribution in [2.75, 3.05) is 0 Å². The van der Waals surface area contributed by atoms with E-state index in [1.54, 1.807) is 0 Å². The molecule has 0 aliphatic rings. The van der Waals surface area contributed by atoms with Crippen LogP contribution in [0, 0.1) is 5.41 Å². The molecule has 0 fully saturated rings. The van der Waals surface area contributed by atoms with Crippen molar-refractivity contribution < 1.29 is 0 Å². The predicted octanol–water partition coefficient (Wildman–Crippen LogP) is 2.59. The third kappa shape index (κ3) is 2.47. The van der Waals surface area contributed by atoms with Crippen LogP contribution < -0.4 is 0 Å².